The predicted octanol–water partition coefficient (Wildman–Crippen LogP) is 5.27. The van der Waals surface area contributed by atoms with Crippen molar-refractivity contribution in [3.63, 3.8) is 0 Å². The first-order valence-electron chi connectivity index (χ1n) is 11.2. The lowest BCUT2D eigenvalue weighted by Gasteiger charge is -2.19. The smallest absolute Gasteiger partial charge is 0.287 e. The third kappa shape index (κ3) is 7.21. The van der Waals surface area contributed by atoms with Gasteiger partial charge in [-0.3, -0.25) is 4.79 Å². The standard InChI is InChI=1S/C25H32N4O2S/c1-4-29(5-2)17-9-10-19(3)26-25(30)23-15-13-21(31-23)18-32-24-16-14-22(27-28-24)20-11-7-6-8-12-20/h6-8,11-16,19H,4-5,9-10,17-18H2,1-3H3,(H,26,30)/t19-/m0/s1. The van der Waals surface area contributed by atoms with E-state index in [2.05, 4.69) is 34.3 Å². The van der Waals surface area contributed by atoms with Crippen molar-refractivity contribution in [1.82, 2.24) is 20.4 Å². The summed E-state index contributed by atoms with van der Waals surface area (Å²) in [6.07, 6.45) is 2.01. The van der Waals surface area contributed by atoms with Gasteiger partial charge >= 0.3 is 0 Å². The summed E-state index contributed by atoms with van der Waals surface area (Å²) in [5, 5.41) is 12.4. The third-order valence-corrected chi connectivity index (χ3v) is 6.28. The van der Waals surface area contributed by atoms with E-state index in [0.29, 0.717) is 11.5 Å². The zero-order chi connectivity index (χ0) is 22.8. The molecule has 1 atom stereocenters. The van der Waals surface area contributed by atoms with Gasteiger partial charge < -0.3 is 14.6 Å². The molecular weight excluding hydrogens is 420 g/mol. The van der Waals surface area contributed by atoms with Crippen molar-refractivity contribution in [3.05, 3.63) is 66.1 Å². The van der Waals surface area contributed by atoms with Crippen molar-refractivity contribution in [2.75, 3.05) is 19.6 Å². The van der Waals surface area contributed by atoms with Crippen molar-refractivity contribution < 1.29 is 9.21 Å². The minimum absolute atomic E-state index is 0.111. The number of aromatic nitrogens is 2. The van der Waals surface area contributed by atoms with Crippen LogP contribution in [-0.2, 0) is 5.75 Å². The normalized spacial score (nSPS) is 12.1. The molecule has 1 N–H and O–H groups in total. The Balaban J connectivity index is 1.44. The lowest BCUT2D eigenvalue weighted by Crippen LogP contribution is -2.33. The summed E-state index contributed by atoms with van der Waals surface area (Å²) in [4.78, 5) is 14.9. The molecule has 0 aliphatic rings. The SMILES string of the molecule is CCN(CC)CCC[C@H](C)NC(=O)c1ccc(CSc2ccc(-c3ccccc3)nn2)o1. The zero-order valence-corrected chi connectivity index (χ0v) is 19.9. The van der Waals surface area contributed by atoms with Gasteiger partial charge in [-0.15, -0.1) is 10.2 Å². The van der Waals surface area contributed by atoms with Gasteiger partial charge in [-0.2, -0.15) is 0 Å². The Morgan fingerprint density at radius 3 is 2.53 bits per heavy atom. The molecule has 0 aliphatic heterocycles. The zero-order valence-electron chi connectivity index (χ0n) is 19.1. The second kappa shape index (κ2) is 12.4. The number of amides is 1. The fourth-order valence-corrected chi connectivity index (χ4v) is 4.12. The van der Waals surface area contributed by atoms with Crippen LogP contribution in [0.4, 0.5) is 0 Å². The van der Waals surface area contributed by atoms with Crippen molar-refractivity contribution in [2.24, 2.45) is 0 Å². The number of benzene rings is 1. The molecule has 3 aromatic rings. The molecule has 0 fully saturated rings. The fourth-order valence-electron chi connectivity index (χ4n) is 3.41. The second-order valence-electron chi connectivity index (χ2n) is 7.72. The molecule has 170 valence electrons. The van der Waals surface area contributed by atoms with Crippen molar-refractivity contribution in [2.45, 2.75) is 50.4 Å². The van der Waals surface area contributed by atoms with E-state index in [9.17, 15) is 4.79 Å². The van der Waals surface area contributed by atoms with E-state index >= 15 is 0 Å². The van der Waals surface area contributed by atoms with E-state index in [1.807, 2.05) is 55.5 Å². The maximum Gasteiger partial charge on any atom is 0.287 e. The summed E-state index contributed by atoms with van der Waals surface area (Å²) in [5.41, 5.74) is 1.89. The topological polar surface area (TPSA) is 71.3 Å². The molecule has 0 saturated carbocycles. The highest BCUT2D eigenvalue weighted by atomic mass is 32.2. The van der Waals surface area contributed by atoms with Gasteiger partial charge in [0, 0.05) is 11.6 Å². The first-order chi connectivity index (χ1) is 15.6. The van der Waals surface area contributed by atoms with Gasteiger partial charge in [-0.25, -0.2) is 0 Å². The van der Waals surface area contributed by atoms with Crippen LogP contribution in [0.1, 0.15) is 49.9 Å². The molecule has 0 spiro atoms. The minimum atomic E-state index is -0.163. The molecule has 7 heteroatoms. The van der Waals surface area contributed by atoms with Gasteiger partial charge in [0.2, 0.25) is 0 Å². The number of rotatable bonds is 12. The van der Waals surface area contributed by atoms with Crippen LogP contribution in [-0.4, -0.2) is 46.7 Å². The van der Waals surface area contributed by atoms with Gasteiger partial charge in [0.05, 0.1) is 11.4 Å². The largest absolute Gasteiger partial charge is 0.455 e. The van der Waals surface area contributed by atoms with Crippen molar-refractivity contribution in [3.8, 4) is 11.3 Å². The molecule has 0 bridgehead atoms. The number of hydrogen-bond acceptors (Lipinski definition) is 6. The molecular formula is C25H32N4O2S. The van der Waals surface area contributed by atoms with Crippen LogP contribution >= 0.6 is 11.8 Å². The molecule has 0 radical (unpaired) electrons. The first kappa shape index (κ1) is 24.0. The minimum Gasteiger partial charge on any atom is -0.455 e. The van der Waals surface area contributed by atoms with Gasteiger partial charge in [-0.1, -0.05) is 55.9 Å². The van der Waals surface area contributed by atoms with E-state index in [1.54, 1.807) is 6.07 Å². The van der Waals surface area contributed by atoms with Crippen LogP contribution in [0.25, 0.3) is 11.3 Å². The summed E-state index contributed by atoms with van der Waals surface area (Å²) in [6.45, 7) is 9.57. The molecule has 2 aromatic heterocycles. The Bertz CT molecular complexity index is 956. The van der Waals surface area contributed by atoms with E-state index in [-0.39, 0.29) is 11.9 Å². The summed E-state index contributed by atoms with van der Waals surface area (Å²) in [5.74, 6) is 1.51. The lowest BCUT2D eigenvalue weighted by atomic mass is 10.1. The van der Waals surface area contributed by atoms with Crippen LogP contribution in [0, 0.1) is 0 Å². The Hall–Kier alpha value is -2.64. The third-order valence-electron chi connectivity index (χ3n) is 5.34. The van der Waals surface area contributed by atoms with E-state index < -0.39 is 0 Å². The molecule has 32 heavy (non-hydrogen) atoms. The lowest BCUT2D eigenvalue weighted by molar-refractivity contribution is 0.0908. The number of carbonyl (C=O) groups excluding carboxylic acids is 1. The molecule has 0 aliphatic carbocycles. The number of hydrogen-bond donors (Lipinski definition) is 1. The molecule has 3 rings (SSSR count). The number of thioether (sulfide) groups is 1. The molecule has 1 amide bonds. The Labute approximate surface area is 194 Å². The summed E-state index contributed by atoms with van der Waals surface area (Å²) >= 11 is 1.53. The van der Waals surface area contributed by atoms with Crippen molar-refractivity contribution in [1.29, 1.82) is 0 Å². The van der Waals surface area contributed by atoms with Gasteiger partial charge in [-0.05, 0) is 63.7 Å². The average Bonchev–Trinajstić information content (AvgIpc) is 3.31. The number of carbonyl (C=O) groups is 1. The van der Waals surface area contributed by atoms with Crippen LogP contribution in [0.15, 0.2) is 64.0 Å². The summed E-state index contributed by atoms with van der Waals surface area (Å²) in [6, 6.07) is 17.6. The Kier molecular flexibility index (Phi) is 9.31. The first-order valence-corrected chi connectivity index (χ1v) is 12.2. The van der Waals surface area contributed by atoms with Crippen LogP contribution in [0.3, 0.4) is 0 Å². The number of furan rings is 1. The molecule has 0 saturated heterocycles. The Morgan fingerprint density at radius 2 is 1.84 bits per heavy atom. The maximum atomic E-state index is 12.5. The van der Waals surface area contributed by atoms with E-state index in [0.717, 1.165) is 54.5 Å². The van der Waals surface area contributed by atoms with Gasteiger partial charge in [0.1, 0.15) is 10.8 Å². The van der Waals surface area contributed by atoms with E-state index in [1.165, 1.54) is 11.8 Å². The highest BCUT2D eigenvalue weighted by molar-refractivity contribution is 7.98. The fraction of sp³-hybridized carbons (Fsp3) is 0.400. The molecule has 0 unspecified atom stereocenters. The number of nitrogens with zero attached hydrogens (tertiary/aromatic N) is 3. The van der Waals surface area contributed by atoms with Crippen molar-refractivity contribution >= 4 is 17.7 Å². The highest BCUT2D eigenvalue weighted by Gasteiger charge is 2.14. The van der Waals surface area contributed by atoms with E-state index in [4.69, 9.17) is 4.42 Å². The highest BCUT2D eigenvalue weighted by Crippen LogP contribution is 2.23. The summed E-state index contributed by atoms with van der Waals surface area (Å²) < 4.78 is 5.75. The molecule has 2 heterocycles. The van der Waals surface area contributed by atoms with Crippen LogP contribution < -0.4 is 5.32 Å². The number of nitrogens with one attached hydrogen (secondary N) is 1. The average molecular weight is 453 g/mol. The van der Waals surface area contributed by atoms with Gasteiger partial charge in [0.25, 0.3) is 5.91 Å². The van der Waals surface area contributed by atoms with Gasteiger partial charge in [0.15, 0.2) is 5.76 Å². The second-order valence-corrected chi connectivity index (χ2v) is 8.72. The van der Waals surface area contributed by atoms with Crippen LogP contribution in [0.5, 0.6) is 0 Å². The molecule has 1 aromatic carbocycles. The summed E-state index contributed by atoms with van der Waals surface area (Å²) in [7, 11) is 0. The van der Waals surface area contributed by atoms with Crippen LogP contribution in [0.2, 0.25) is 0 Å². The molecule has 6 nitrogen and oxygen atoms in total. The monoisotopic (exact) mass is 452 g/mol. The maximum absolute atomic E-state index is 12.5. The predicted molar refractivity (Wildman–Crippen MR) is 130 cm³/mol. The quantitative estimate of drug-likeness (QED) is 0.378. The Morgan fingerprint density at radius 1 is 1.06 bits per heavy atom.